The Balaban J connectivity index is 1.86. The van der Waals surface area contributed by atoms with Crippen LogP contribution in [0.1, 0.15) is 57.3 Å². The molecule has 1 fully saturated rings. The normalized spacial score (nSPS) is 20.5. The molecule has 1 aliphatic heterocycles. The minimum atomic E-state index is -0.665. The number of hydrogen-bond donors (Lipinski definition) is 3. The van der Waals surface area contributed by atoms with Gasteiger partial charge in [-0.05, 0) is 35.9 Å². The standard InChI is InChI=1S/C18H28N2O2/c1-18(2,3)14-9-7-13(8-10-14)16(21)12-20-17(22)15-6-4-5-11-19-15/h7-10,15-16,19,21H,4-6,11-12H2,1-3H3,(H,20,22). The molecular weight excluding hydrogens is 276 g/mol. The highest BCUT2D eigenvalue weighted by molar-refractivity contribution is 5.81. The Bertz CT molecular complexity index is 485. The van der Waals surface area contributed by atoms with Crippen LogP contribution in [0.15, 0.2) is 24.3 Å². The van der Waals surface area contributed by atoms with Crippen LogP contribution in [0.5, 0.6) is 0 Å². The SMILES string of the molecule is CC(C)(C)c1ccc(C(O)CNC(=O)C2CCCCN2)cc1. The smallest absolute Gasteiger partial charge is 0.237 e. The summed E-state index contributed by atoms with van der Waals surface area (Å²) in [6, 6.07) is 7.86. The number of benzene rings is 1. The zero-order chi connectivity index (χ0) is 16.2. The lowest BCUT2D eigenvalue weighted by molar-refractivity contribution is -0.124. The van der Waals surface area contributed by atoms with Gasteiger partial charge in [0.1, 0.15) is 0 Å². The largest absolute Gasteiger partial charge is 0.387 e. The van der Waals surface area contributed by atoms with Gasteiger partial charge < -0.3 is 15.7 Å². The van der Waals surface area contributed by atoms with Crippen LogP contribution in [0, 0.1) is 0 Å². The van der Waals surface area contributed by atoms with Crippen LogP contribution in [-0.2, 0) is 10.2 Å². The zero-order valence-corrected chi connectivity index (χ0v) is 13.9. The van der Waals surface area contributed by atoms with E-state index in [2.05, 4.69) is 31.4 Å². The number of carbonyl (C=O) groups is 1. The minimum Gasteiger partial charge on any atom is -0.387 e. The van der Waals surface area contributed by atoms with Gasteiger partial charge in [-0.3, -0.25) is 4.79 Å². The fraction of sp³-hybridized carbons (Fsp3) is 0.611. The van der Waals surface area contributed by atoms with Gasteiger partial charge in [-0.2, -0.15) is 0 Å². The van der Waals surface area contributed by atoms with Gasteiger partial charge in [0.2, 0.25) is 5.91 Å². The average molecular weight is 304 g/mol. The summed E-state index contributed by atoms with van der Waals surface area (Å²) < 4.78 is 0. The van der Waals surface area contributed by atoms with Crippen molar-refractivity contribution in [3.05, 3.63) is 35.4 Å². The van der Waals surface area contributed by atoms with Crippen molar-refractivity contribution >= 4 is 5.91 Å². The summed E-state index contributed by atoms with van der Waals surface area (Å²) in [7, 11) is 0. The number of aliphatic hydroxyl groups excluding tert-OH is 1. The van der Waals surface area contributed by atoms with Crippen LogP contribution < -0.4 is 10.6 Å². The van der Waals surface area contributed by atoms with E-state index < -0.39 is 6.10 Å². The van der Waals surface area contributed by atoms with E-state index in [-0.39, 0.29) is 23.9 Å². The summed E-state index contributed by atoms with van der Waals surface area (Å²) in [5.74, 6) is -0.00920. The van der Waals surface area contributed by atoms with E-state index >= 15 is 0 Å². The molecular formula is C18H28N2O2. The molecule has 1 aromatic carbocycles. The predicted octanol–water partition coefficient (Wildman–Crippen LogP) is 2.28. The summed E-state index contributed by atoms with van der Waals surface area (Å²) in [5, 5.41) is 16.3. The topological polar surface area (TPSA) is 61.4 Å². The van der Waals surface area contributed by atoms with E-state index in [1.54, 1.807) is 0 Å². The predicted molar refractivity (Wildman–Crippen MR) is 88.8 cm³/mol. The van der Waals surface area contributed by atoms with Crippen LogP contribution in [0.25, 0.3) is 0 Å². The summed E-state index contributed by atoms with van der Waals surface area (Å²) >= 11 is 0. The van der Waals surface area contributed by atoms with Crippen LogP contribution in [-0.4, -0.2) is 30.1 Å². The number of carbonyl (C=O) groups excluding carboxylic acids is 1. The van der Waals surface area contributed by atoms with Gasteiger partial charge in [0.15, 0.2) is 0 Å². The van der Waals surface area contributed by atoms with E-state index in [1.165, 1.54) is 5.56 Å². The molecule has 1 aromatic rings. The Labute approximate surface area is 133 Å². The number of aliphatic hydroxyl groups is 1. The molecule has 0 aliphatic carbocycles. The molecule has 1 heterocycles. The lowest BCUT2D eigenvalue weighted by Gasteiger charge is -2.23. The third-order valence-corrected chi connectivity index (χ3v) is 4.26. The highest BCUT2D eigenvalue weighted by atomic mass is 16.3. The first-order valence-corrected chi connectivity index (χ1v) is 8.17. The van der Waals surface area contributed by atoms with E-state index in [1.807, 2.05) is 24.3 Å². The molecule has 4 nitrogen and oxygen atoms in total. The van der Waals surface area contributed by atoms with Crippen LogP contribution in [0.3, 0.4) is 0 Å². The lowest BCUT2D eigenvalue weighted by atomic mass is 9.86. The van der Waals surface area contributed by atoms with Crippen molar-refractivity contribution in [2.45, 2.75) is 57.6 Å². The maximum atomic E-state index is 12.0. The van der Waals surface area contributed by atoms with Crippen molar-refractivity contribution < 1.29 is 9.90 Å². The number of rotatable bonds is 4. The second-order valence-corrected chi connectivity index (χ2v) is 7.14. The number of piperidine rings is 1. The Morgan fingerprint density at radius 3 is 2.55 bits per heavy atom. The third kappa shape index (κ3) is 4.55. The molecule has 2 atom stereocenters. The third-order valence-electron chi connectivity index (χ3n) is 4.26. The highest BCUT2D eigenvalue weighted by Gasteiger charge is 2.21. The first-order chi connectivity index (χ1) is 10.4. The monoisotopic (exact) mass is 304 g/mol. The molecule has 0 aromatic heterocycles. The first-order valence-electron chi connectivity index (χ1n) is 8.17. The molecule has 122 valence electrons. The fourth-order valence-corrected chi connectivity index (χ4v) is 2.72. The Morgan fingerprint density at radius 2 is 2.00 bits per heavy atom. The second-order valence-electron chi connectivity index (χ2n) is 7.14. The molecule has 2 unspecified atom stereocenters. The molecule has 1 aliphatic rings. The summed E-state index contributed by atoms with van der Waals surface area (Å²) in [6.45, 7) is 7.64. The molecule has 2 rings (SSSR count). The van der Waals surface area contributed by atoms with Gasteiger partial charge in [0, 0.05) is 6.54 Å². The molecule has 22 heavy (non-hydrogen) atoms. The maximum Gasteiger partial charge on any atom is 0.237 e. The van der Waals surface area contributed by atoms with Gasteiger partial charge in [-0.15, -0.1) is 0 Å². The molecule has 4 heteroatoms. The van der Waals surface area contributed by atoms with Gasteiger partial charge in [0.25, 0.3) is 0 Å². The van der Waals surface area contributed by atoms with E-state index in [0.29, 0.717) is 0 Å². The molecule has 1 saturated heterocycles. The Kier molecular flexibility index (Phi) is 5.59. The van der Waals surface area contributed by atoms with Crippen molar-refractivity contribution in [1.29, 1.82) is 0 Å². The van der Waals surface area contributed by atoms with E-state index in [0.717, 1.165) is 31.4 Å². The quantitative estimate of drug-likeness (QED) is 0.800. The van der Waals surface area contributed by atoms with E-state index in [9.17, 15) is 9.90 Å². The minimum absolute atomic E-state index is 0.00920. The van der Waals surface area contributed by atoms with Crippen molar-refractivity contribution in [2.24, 2.45) is 0 Å². The fourth-order valence-electron chi connectivity index (χ4n) is 2.72. The molecule has 0 bridgehead atoms. The van der Waals surface area contributed by atoms with Gasteiger partial charge in [0.05, 0.1) is 12.1 Å². The molecule has 0 saturated carbocycles. The van der Waals surface area contributed by atoms with E-state index in [4.69, 9.17) is 0 Å². The summed E-state index contributed by atoms with van der Waals surface area (Å²) in [4.78, 5) is 12.0. The molecule has 3 N–H and O–H groups in total. The zero-order valence-electron chi connectivity index (χ0n) is 13.9. The maximum absolute atomic E-state index is 12.0. The summed E-state index contributed by atoms with van der Waals surface area (Å²) in [5.41, 5.74) is 2.17. The molecule has 1 amide bonds. The first kappa shape index (κ1) is 17.0. The number of amides is 1. The van der Waals surface area contributed by atoms with Crippen molar-refractivity contribution in [3.63, 3.8) is 0 Å². The highest BCUT2D eigenvalue weighted by Crippen LogP contribution is 2.23. The molecule has 0 radical (unpaired) electrons. The van der Waals surface area contributed by atoms with Gasteiger partial charge >= 0.3 is 0 Å². The lowest BCUT2D eigenvalue weighted by Crippen LogP contribution is -2.47. The van der Waals surface area contributed by atoms with Gasteiger partial charge in [-0.25, -0.2) is 0 Å². The van der Waals surface area contributed by atoms with Crippen LogP contribution in [0.2, 0.25) is 0 Å². The number of hydrogen-bond acceptors (Lipinski definition) is 3. The number of nitrogens with one attached hydrogen (secondary N) is 2. The van der Waals surface area contributed by atoms with Crippen molar-refractivity contribution in [2.75, 3.05) is 13.1 Å². The van der Waals surface area contributed by atoms with Crippen molar-refractivity contribution in [1.82, 2.24) is 10.6 Å². The van der Waals surface area contributed by atoms with Crippen LogP contribution >= 0.6 is 0 Å². The van der Waals surface area contributed by atoms with Crippen LogP contribution in [0.4, 0.5) is 0 Å². The van der Waals surface area contributed by atoms with Crippen molar-refractivity contribution in [3.8, 4) is 0 Å². The second kappa shape index (κ2) is 7.25. The average Bonchev–Trinajstić information content (AvgIpc) is 2.52. The van der Waals surface area contributed by atoms with Gasteiger partial charge in [-0.1, -0.05) is 51.5 Å². The molecule has 0 spiro atoms. The summed E-state index contributed by atoms with van der Waals surface area (Å²) in [6.07, 6.45) is 2.43. The Hall–Kier alpha value is -1.39. The Morgan fingerprint density at radius 1 is 1.32 bits per heavy atom.